The number of aliphatic hydroxyl groups is 1. The molecule has 0 aliphatic carbocycles. The van der Waals surface area contributed by atoms with E-state index in [0.29, 0.717) is 37.0 Å². The minimum absolute atomic E-state index is 0.145. The van der Waals surface area contributed by atoms with E-state index < -0.39 is 0 Å². The molecule has 3 N–H and O–H groups in total. The molecular weight excluding hydrogens is 232 g/mol. The third-order valence-corrected chi connectivity index (χ3v) is 2.56. The van der Waals surface area contributed by atoms with Crippen molar-refractivity contribution in [2.24, 2.45) is 0 Å². The van der Waals surface area contributed by atoms with Crippen LogP contribution in [0.3, 0.4) is 0 Å². The fourth-order valence-electron chi connectivity index (χ4n) is 1.70. The lowest BCUT2D eigenvalue weighted by molar-refractivity contribution is 0.288. The van der Waals surface area contributed by atoms with E-state index in [0.717, 1.165) is 0 Å². The van der Waals surface area contributed by atoms with Gasteiger partial charge in [-0.1, -0.05) is 0 Å². The minimum atomic E-state index is 0.145. The van der Waals surface area contributed by atoms with E-state index >= 15 is 0 Å². The third-order valence-electron chi connectivity index (χ3n) is 2.56. The topological polar surface area (TPSA) is 84.5 Å². The van der Waals surface area contributed by atoms with Crippen LogP contribution in [0, 0.1) is 0 Å². The van der Waals surface area contributed by atoms with Crippen molar-refractivity contribution in [3.63, 3.8) is 0 Å². The second-order valence-corrected chi connectivity index (χ2v) is 4.21. The highest BCUT2D eigenvalue weighted by Gasteiger charge is 2.17. The molecule has 1 heterocycles. The minimum Gasteiger partial charge on any atom is -0.476 e. The second-order valence-electron chi connectivity index (χ2n) is 4.21. The summed E-state index contributed by atoms with van der Waals surface area (Å²) < 4.78 is 5.36. The highest BCUT2D eigenvalue weighted by Crippen LogP contribution is 2.29. The number of hydrogen-bond donors (Lipinski definition) is 2. The highest BCUT2D eigenvalue weighted by atomic mass is 16.5. The standard InChI is InChI=1S/C12H22N4O2/c1-4-18-12-10(13)11(14-8-15-12)16(9(2)3)6-5-7-17/h8-9,17H,4-7,13H2,1-3H3. The maximum absolute atomic E-state index is 8.94. The number of rotatable bonds is 7. The maximum Gasteiger partial charge on any atom is 0.242 e. The number of nitrogens with zero attached hydrogens (tertiary/aromatic N) is 3. The Labute approximate surface area is 108 Å². The van der Waals surface area contributed by atoms with Crippen molar-refractivity contribution in [1.29, 1.82) is 0 Å². The molecule has 0 unspecified atom stereocenters. The largest absolute Gasteiger partial charge is 0.476 e. The van der Waals surface area contributed by atoms with Gasteiger partial charge in [-0.2, -0.15) is 4.98 Å². The molecule has 0 aliphatic rings. The van der Waals surface area contributed by atoms with Gasteiger partial charge in [0.15, 0.2) is 5.82 Å². The molecule has 0 saturated carbocycles. The van der Waals surface area contributed by atoms with Gasteiger partial charge in [-0.15, -0.1) is 0 Å². The van der Waals surface area contributed by atoms with Crippen LogP contribution < -0.4 is 15.4 Å². The van der Waals surface area contributed by atoms with Crippen LogP contribution in [0.4, 0.5) is 11.5 Å². The fraction of sp³-hybridized carbons (Fsp3) is 0.667. The van der Waals surface area contributed by atoms with Gasteiger partial charge in [-0.3, -0.25) is 0 Å². The van der Waals surface area contributed by atoms with Gasteiger partial charge in [-0.25, -0.2) is 4.98 Å². The number of nitrogens with two attached hydrogens (primary N) is 1. The van der Waals surface area contributed by atoms with Gasteiger partial charge in [0.05, 0.1) is 6.61 Å². The second kappa shape index (κ2) is 7.00. The predicted molar refractivity (Wildman–Crippen MR) is 71.8 cm³/mol. The van der Waals surface area contributed by atoms with E-state index in [1.54, 1.807) is 0 Å². The molecule has 0 aromatic carbocycles. The van der Waals surface area contributed by atoms with Gasteiger partial charge in [0, 0.05) is 19.2 Å². The van der Waals surface area contributed by atoms with Crippen LogP contribution in [-0.4, -0.2) is 40.9 Å². The Hall–Kier alpha value is -1.56. The SMILES string of the molecule is CCOc1ncnc(N(CCCO)C(C)C)c1N. The molecule has 1 aromatic rings. The molecule has 0 bridgehead atoms. The van der Waals surface area contributed by atoms with Gasteiger partial charge < -0.3 is 20.5 Å². The van der Waals surface area contributed by atoms with E-state index in [4.69, 9.17) is 15.6 Å². The molecule has 0 radical (unpaired) electrons. The number of ether oxygens (including phenoxy) is 1. The molecule has 0 saturated heterocycles. The van der Waals surface area contributed by atoms with E-state index in [2.05, 4.69) is 23.8 Å². The number of aliphatic hydroxyl groups excluding tert-OH is 1. The Bertz CT molecular complexity index is 371. The summed E-state index contributed by atoms with van der Waals surface area (Å²) in [5.74, 6) is 1.08. The Balaban J connectivity index is 3.00. The maximum atomic E-state index is 8.94. The Kier molecular flexibility index (Phi) is 5.64. The van der Waals surface area contributed by atoms with Gasteiger partial charge in [-0.05, 0) is 27.2 Å². The molecule has 0 spiro atoms. The van der Waals surface area contributed by atoms with Crippen LogP contribution in [0.2, 0.25) is 0 Å². The number of nitrogen functional groups attached to an aromatic ring is 1. The van der Waals surface area contributed by atoms with Gasteiger partial charge in [0.1, 0.15) is 12.0 Å². The normalized spacial score (nSPS) is 10.7. The molecule has 0 aliphatic heterocycles. The number of anilines is 2. The zero-order valence-electron chi connectivity index (χ0n) is 11.3. The lowest BCUT2D eigenvalue weighted by atomic mass is 10.2. The molecule has 102 valence electrons. The smallest absolute Gasteiger partial charge is 0.242 e. The van der Waals surface area contributed by atoms with Gasteiger partial charge in [0.25, 0.3) is 0 Å². The average molecular weight is 254 g/mol. The lowest BCUT2D eigenvalue weighted by Crippen LogP contribution is -2.33. The summed E-state index contributed by atoms with van der Waals surface area (Å²) in [5.41, 5.74) is 6.48. The zero-order chi connectivity index (χ0) is 13.5. The van der Waals surface area contributed by atoms with Crippen molar-refractivity contribution in [1.82, 2.24) is 9.97 Å². The van der Waals surface area contributed by atoms with Crippen molar-refractivity contribution in [2.45, 2.75) is 33.2 Å². The van der Waals surface area contributed by atoms with Crippen molar-refractivity contribution in [3.05, 3.63) is 6.33 Å². The van der Waals surface area contributed by atoms with Crippen molar-refractivity contribution < 1.29 is 9.84 Å². The van der Waals surface area contributed by atoms with E-state index in [-0.39, 0.29) is 12.6 Å². The van der Waals surface area contributed by atoms with Crippen LogP contribution in [0.5, 0.6) is 5.88 Å². The quantitative estimate of drug-likeness (QED) is 0.756. The Morgan fingerprint density at radius 2 is 2.17 bits per heavy atom. The zero-order valence-corrected chi connectivity index (χ0v) is 11.3. The first-order valence-corrected chi connectivity index (χ1v) is 6.22. The van der Waals surface area contributed by atoms with Crippen LogP contribution >= 0.6 is 0 Å². The Morgan fingerprint density at radius 1 is 1.44 bits per heavy atom. The van der Waals surface area contributed by atoms with E-state index in [9.17, 15) is 0 Å². The molecule has 0 amide bonds. The Morgan fingerprint density at radius 3 is 2.72 bits per heavy atom. The average Bonchev–Trinajstić information content (AvgIpc) is 2.34. The molecule has 6 nitrogen and oxygen atoms in total. The van der Waals surface area contributed by atoms with Crippen LogP contribution in [0.1, 0.15) is 27.2 Å². The van der Waals surface area contributed by atoms with Crippen molar-refractivity contribution in [2.75, 3.05) is 30.4 Å². The summed E-state index contributed by atoms with van der Waals surface area (Å²) in [5, 5.41) is 8.94. The molecule has 6 heteroatoms. The predicted octanol–water partition coefficient (Wildman–Crippen LogP) is 1.05. The van der Waals surface area contributed by atoms with E-state index in [1.807, 2.05) is 11.8 Å². The summed E-state index contributed by atoms with van der Waals surface area (Å²) in [6.45, 7) is 7.35. The number of hydrogen-bond acceptors (Lipinski definition) is 6. The molecular formula is C12H22N4O2. The molecule has 1 aromatic heterocycles. The summed E-state index contributed by atoms with van der Waals surface area (Å²) >= 11 is 0. The first-order chi connectivity index (χ1) is 8.61. The summed E-state index contributed by atoms with van der Waals surface area (Å²) in [6.07, 6.45) is 2.12. The summed E-state index contributed by atoms with van der Waals surface area (Å²) in [4.78, 5) is 10.3. The van der Waals surface area contributed by atoms with Crippen molar-refractivity contribution >= 4 is 11.5 Å². The van der Waals surface area contributed by atoms with Crippen LogP contribution in [0.15, 0.2) is 6.33 Å². The summed E-state index contributed by atoms with van der Waals surface area (Å²) in [7, 11) is 0. The molecule has 0 atom stereocenters. The molecule has 0 fully saturated rings. The van der Waals surface area contributed by atoms with E-state index in [1.165, 1.54) is 6.33 Å². The first kappa shape index (κ1) is 14.5. The highest BCUT2D eigenvalue weighted by molar-refractivity contribution is 5.68. The lowest BCUT2D eigenvalue weighted by Gasteiger charge is -2.28. The fourth-order valence-corrected chi connectivity index (χ4v) is 1.70. The van der Waals surface area contributed by atoms with Gasteiger partial charge >= 0.3 is 0 Å². The summed E-state index contributed by atoms with van der Waals surface area (Å²) in [6, 6.07) is 0.239. The van der Waals surface area contributed by atoms with Crippen LogP contribution in [0.25, 0.3) is 0 Å². The van der Waals surface area contributed by atoms with Crippen LogP contribution in [-0.2, 0) is 0 Å². The first-order valence-electron chi connectivity index (χ1n) is 6.22. The molecule has 1 rings (SSSR count). The third kappa shape index (κ3) is 3.46. The monoisotopic (exact) mass is 254 g/mol. The number of aromatic nitrogens is 2. The van der Waals surface area contributed by atoms with Crippen molar-refractivity contribution in [3.8, 4) is 5.88 Å². The van der Waals surface area contributed by atoms with Gasteiger partial charge in [0.2, 0.25) is 5.88 Å². The molecule has 18 heavy (non-hydrogen) atoms.